The van der Waals surface area contributed by atoms with Crippen LogP contribution in [0.25, 0.3) is 5.65 Å². The minimum Gasteiger partial charge on any atom is -0.444 e. The van der Waals surface area contributed by atoms with Gasteiger partial charge in [-0.1, -0.05) is 6.07 Å². The van der Waals surface area contributed by atoms with Gasteiger partial charge in [0.15, 0.2) is 0 Å². The van der Waals surface area contributed by atoms with Crippen molar-refractivity contribution < 1.29 is 9.53 Å². The van der Waals surface area contributed by atoms with Crippen LogP contribution in [0, 0.1) is 0 Å². The number of carbonyl (C=O) groups is 1. The van der Waals surface area contributed by atoms with E-state index in [0.717, 1.165) is 5.65 Å². The van der Waals surface area contributed by atoms with Crippen molar-refractivity contribution in [1.29, 1.82) is 0 Å². The SMILES string of the molecule is CC(C)(C)OC(=O)NC(CN)c1cn2ccccc2n1. The first-order valence-corrected chi connectivity index (χ1v) is 6.52. The maximum atomic E-state index is 11.8. The van der Waals surface area contributed by atoms with Crippen molar-refractivity contribution in [1.82, 2.24) is 14.7 Å². The van der Waals surface area contributed by atoms with Gasteiger partial charge in [0.2, 0.25) is 0 Å². The largest absolute Gasteiger partial charge is 0.444 e. The third-order valence-electron chi connectivity index (χ3n) is 2.67. The summed E-state index contributed by atoms with van der Waals surface area (Å²) in [5, 5.41) is 2.74. The van der Waals surface area contributed by atoms with E-state index in [1.54, 1.807) is 0 Å². The van der Waals surface area contributed by atoms with Gasteiger partial charge in [0.25, 0.3) is 0 Å². The highest BCUT2D eigenvalue weighted by atomic mass is 16.6. The van der Waals surface area contributed by atoms with Crippen LogP contribution in [-0.2, 0) is 4.74 Å². The van der Waals surface area contributed by atoms with E-state index in [1.165, 1.54) is 0 Å². The molecule has 2 aromatic heterocycles. The molecule has 6 heteroatoms. The number of carbonyl (C=O) groups excluding carboxylic acids is 1. The summed E-state index contributed by atoms with van der Waals surface area (Å²) in [5.74, 6) is 0. The lowest BCUT2D eigenvalue weighted by atomic mass is 10.2. The maximum Gasteiger partial charge on any atom is 0.408 e. The molecule has 3 N–H and O–H groups in total. The second-order valence-corrected chi connectivity index (χ2v) is 5.57. The number of hydrogen-bond acceptors (Lipinski definition) is 4. The molecule has 0 radical (unpaired) electrons. The predicted molar refractivity (Wildman–Crippen MR) is 76.4 cm³/mol. The van der Waals surface area contributed by atoms with Crippen LogP contribution >= 0.6 is 0 Å². The molecule has 0 saturated heterocycles. The van der Waals surface area contributed by atoms with Crippen molar-refractivity contribution in [3.63, 3.8) is 0 Å². The Bertz CT molecular complexity index is 567. The first kappa shape index (κ1) is 14.3. The van der Waals surface area contributed by atoms with E-state index < -0.39 is 11.7 Å². The van der Waals surface area contributed by atoms with E-state index in [-0.39, 0.29) is 12.6 Å². The molecule has 2 aromatic rings. The average Bonchev–Trinajstić information content (AvgIpc) is 2.77. The number of fused-ring (bicyclic) bond motifs is 1. The number of rotatable bonds is 3. The Morgan fingerprint density at radius 1 is 1.50 bits per heavy atom. The van der Waals surface area contributed by atoms with Crippen LogP contribution in [0.1, 0.15) is 32.5 Å². The van der Waals surface area contributed by atoms with Crippen molar-refractivity contribution in [3.8, 4) is 0 Å². The minimum absolute atomic E-state index is 0.253. The molecule has 6 nitrogen and oxygen atoms in total. The monoisotopic (exact) mass is 276 g/mol. The summed E-state index contributed by atoms with van der Waals surface area (Å²) in [4.78, 5) is 16.2. The van der Waals surface area contributed by atoms with E-state index in [0.29, 0.717) is 5.69 Å². The summed E-state index contributed by atoms with van der Waals surface area (Å²) in [7, 11) is 0. The van der Waals surface area contributed by atoms with E-state index in [1.807, 2.05) is 55.8 Å². The van der Waals surface area contributed by atoms with Crippen LogP contribution in [0.2, 0.25) is 0 Å². The van der Waals surface area contributed by atoms with Crippen LogP contribution in [0.5, 0.6) is 0 Å². The molecule has 20 heavy (non-hydrogen) atoms. The van der Waals surface area contributed by atoms with E-state index in [2.05, 4.69) is 10.3 Å². The zero-order valence-corrected chi connectivity index (χ0v) is 12.0. The van der Waals surface area contributed by atoms with Crippen molar-refractivity contribution in [2.75, 3.05) is 6.54 Å². The lowest BCUT2D eigenvalue weighted by Gasteiger charge is -2.22. The van der Waals surface area contributed by atoms with Crippen LogP contribution in [-0.4, -0.2) is 27.6 Å². The number of nitrogens with zero attached hydrogens (tertiary/aromatic N) is 2. The number of alkyl carbamates (subject to hydrolysis) is 1. The molecule has 0 aromatic carbocycles. The zero-order valence-electron chi connectivity index (χ0n) is 12.0. The van der Waals surface area contributed by atoms with Crippen LogP contribution in [0.4, 0.5) is 4.79 Å². The van der Waals surface area contributed by atoms with Gasteiger partial charge in [0.1, 0.15) is 11.2 Å². The van der Waals surface area contributed by atoms with Gasteiger partial charge < -0.3 is 20.2 Å². The molecule has 2 rings (SSSR count). The van der Waals surface area contributed by atoms with Gasteiger partial charge in [0, 0.05) is 18.9 Å². The molecule has 0 fully saturated rings. The molecule has 1 unspecified atom stereocenters. The van der Waals surface area contributed by atoms with Gasteiger partial charge in [-0.3, -0.25) is 0 Å². The molecule has 0 aliphatic heterocycles. The number of nitrogens with one attached hydrogen (secondary N) is 1. The molecule has 0 spiro atoms. The second kappa shape index (κ2) is 5.50. The molecular weight excluding hydrogens is 256 g/mol. The van der Waals surface area contributed by atoms with Crippen molar-refractivity contribution >= 4 is 11.7 Å². The molecule has 2 heterocycles. The second-order valence-electron chi connectivity index (χ2n) is 5.57. The van der Waals surface area contributed by atoms with Crippen molar-refractivity contribution in [2.24, 2.45) is 5.73 Å². The Hall–Kier alpha value is -2.08. The molecule has 1 amide bonds. The first-order chi connectivity index (χ1) is 9.39. The van der Waals surface area contributed by atoms with Gasteiger partial charge in [0.05, 0.1) is 11.7 Å². The van der Waals surface area contributed by atoms with Crippen molar-refractivity contribution in [2.45, 2.75) is 32.4 Å². The van der Waals surface area contributed by atoms with Crippen LogP contribution in [0.15, 0.2) is 30.6 Å². The summed E-state index contributed by atoms with van der Waals surface area (Å²) in [6.07, 6.45) is 3.25. The number of ether oxygens (including phenoxy) is 1. The van der Waals surface area contributed by atoms with E-state index in [4.69, 9.17) is 10.5 Å². The third kappa shape index (κ3) is 3.48. The fraction of sp³-hybridized carbons (Fsp3) is 0.429. The van der Waals surface area contributed by atoms with Gasteiger partial charge in [-0.25, -0.2) is 9.78 Å². The zero-order chi connectivity index (χ0) is 14.8. The number of amides is 1. The predicted octanol–water partition coefficient (Wildman–Crippen LogP) is 1.86. The normalized spacial score (nSPS) is 13.2. The Labute approximate surface area is 117 Å². The average molecular weight is 276 g/mol. The maximum absolute atomic E-state index is 11.8. The third-order valence-corrected chi connectivity index (χ3v) is 2.67. The first-order valence-electron chi connectivity index (χ1n) is 6.52. The minimum atomic E-state index is -0.540. The Morgan fingerprint density at radius 3 is 2.85 bits per heavy atom. The van der Waals surface area contributed by atoms with Crippen LogP contribution < -0.4 is 11.1 Å². The number of pyridine rings is 1. The number of nitrogens with two attached hydrogens (primary N) is 1. The highest BCUT2D eigenvalue weighted by Crippen LogP contribution is 2.14. The summed E-state index contributed by atoms with van der Waals surface area (Å²) in [6.45, 7) is 5.70. The van der Waals surface area contributed by atoms with E-state index >= 15 is 0 Å². The summed E-state index contributed by atoms with van der Waals surface area (Å²) in [6, 6.07) is 5.34. The van der Waals surface area contributed by atoms with Crippen LogP contribution in [0.3, 0.4) is 0 Å². The van der Waals surface area contributed by atoms with Gasteiger partial charge in [-0.2, -0.15) is 0 Å². The summed E-state index contributed by atoms with van der Waals surface area (Å²) in [5.41, 5.74) is 6.70. The number of aromatic nitrogens is 2. The number of hydrogen-bond donors (Lipinski definition) is 2. The molecule has 0 bridgehead atoms. The lowest BCUT2D eigenvalue weighted by molar-refractivity contribution is 0.0504. The smallest absolute Gasteiger partial charge is 0.408 e. The molecular formula is C14H20N4O2. The summed E-state index contributed by atoms with van der Waals surface area (Å²) >= 11 is 0. The topological polar surface area (TPSA) is 81.6 Å². The van der Waals surface area contributed by atoms with Gasteiger partial charge in [-0.05, 0) is 32.9 Å². The fourth-order valence-corrected chi connectivity index (χ4v) is 1.83. The lowest BCUT2D eigenvalue weighted by Crippen LogP contribution is -2.37. The fourth-order valence-electron chi connectivity index (χ4n) is 1.83. The molecule has 0 aliphatic rings. The Morgan fingerprint density at radius 2 is 2.25 bits per heavy atom. The quantitative estimate of drug-likeness (QED) is 0.896. The molecule has 0 aliphatic carbocycles. The molecule has 1 atom stereocenters. The highest BCUT2D eigenvalue weighted by molar-refractivity contribution is 5.68. The molecule has 108 valence electrons. The Kier molecular flexibility index (Phi) is 3.94. The molecule has 0 saturated carbocycles. The van der Waals surface area contributed by atoms with Crippen molar-refractivity contribution in [3.05, 3.63) is 36.3 Å². The summed E-state index contributed by atoms with van der Waals surface area (Å²) < 4.78 is 7.11. The Balaban J connectivity index is 2.13. The van der Waals surface area contributed by atoms with E-state index in [9.17, 15) is 4.79 Å². The van der Waals surface area contributed by atoms with Gasteiger partial charge >= 0.3 is 6.09 Å². The highest BCUT2D eigenvalue weighted by Gasteiger charge is 2.21. The number of imidazole rings is 1. The standard InChI is InChI=1S/C14H20N4O2/c1-14(2,3)20-13(19)17-10(8-15)11-9-18-7-5-4-6-12(18)16-11/h4-7,9-10H,8,15H2,1-3H3,(H,17,19). The van der Waals surface area contributed by atoms with Gasteiger partial charge in [-0.15, -0.1) is 0 Å².